The molecule has 100 valence electrons. The molecule has 0 atom stereocenters. The Hall–Kier alpha value is -2.15. The van der Waals surface area contributed by atoms with Crippen LogP contribution in [0.2, 0.25) is 0 Å². The van der Waals surface area contributed by atoms with Crippen LogP contribution in [0.15, 0.2) is 22.6 Å². The number of aliphatic hydroxyl groups excluding tert-OH is 1. The number of anilines is 1. The van der Waals surface area contributed by atoms with Gasteiger partial charge in [-0.2, -0.15) is 4.98 Å². The summed E-state index contributed by atoms with van der Waals surface area (Å²) in [5.41, 5.74) is 0.114. The van der Waals surface area contributed by atoms with Gasteiger partial charge in [0.2, 0.25) is 0 Å². The van der Waals surface area contributed by atoms with Crippen molar-refractivity contribution in [2.75, 3.05) is 11.9 Å². The lowest BCUT2D eigenvalue weighted by Crippen LogP contribution is -2.48. The summed E-state index contributed by atoms with van der Waals surface area (Å²) in [6.07, 6.45) is 2.71. The Morgan fingerprint density at radius 2 is 2.32 bits per heavy atom. The molecule has 0 radical (unpaired) electrons. The highest BCUT2D eigenvalue weighted by molar-refractivity contribution is 5.84. The number of hydrogen-bond acceptors (Lipinski definition) is 6. The molecule has 1 aliphatic carbocycles. The second-order valence-electron chi connectivity index (χ2n) is 4.82. The highest BCUT2D eigenvalue weighted by Crippen LogP contribution is 2.36. The van der Waals surface area contributed by atoms with Crippen LogP contribution in [-0.2, 0) is 0 Å². The lowest BCUT2D eigenvalue weighted by atomic mass is 9.77. The predicted molar refractivity (Wildman–Crippen MR) is 68.0 cm³/mol. The van der Waals surface area contributed by atoms with Crippen molar-refractivity contribution in [1.82, 2.24) is 4.98 Å². The highest BCUT2D eigenvalue weighted by Gasteiger charge is 2.37. The zero-order valence-corrected chi connectivity index (χ0v) is 10.1. The number of nitrogens with zero attached hydrogens (tertiary/aromatic N) is 2. The summed E-state index contributed by atoms with van der Waals surface area (Å²) in [5.74, 6) is 0. The molecule has 19 heavy (non-hydrogen) atoms. The minimum atomic E-state index is -0.486. The number of hydrogen-bond donors (Lipinski definition) is 2. The topological polar surface area (TPSA) is 101 Å². The van der Waals surface area contributed by atoms with Gasteiger partial charge in [-0.15, -0.1) is 0 Å². The molecular formula is C12H13N3O4. The quantitative estimate of drug-likeness (QED) is 0.646. The van der Waals surface area contributed by atoms with Gasteiger partial charge in [-0.3, -0.25) is 10.1 Å². The molecule has 2 aromatic rings. The van der Waals surface area contributed by atoms with E-state index in [0.29, 0.717) is 5.58 Å². The first kappa shape index (κ1) is 11.9. The van der Waals surface area contributed by atoms with E-state index in [4.69, 9.17) is 4.42 Å². The summed E-state index contributed by atoms with van der Waals surface area (Å²) < 4.78 is 5.45. The van der Waals surface area contributed by atoms with Crippen LogP contribution in [0, 0.1) is 10.1 Å². The maximum atomic E-state index is 10.9. The second kappa shape index (κ2) is 4.20. The lowest BCUT2D eigenvalue weighted by Gasteiger charge is -2.40. The first-order valence-corrected chi connectivity index (χ1v) is 6.07. The van der Waals surface area contributed by atoms with E-state index in [1.807, 2.05) is 0 Å². The van der Waals surface area contributed by atoms with Gasteiger partial charge in [0.05, 0.1) is 17.1 Å². The number of aliphatic hydroxyl groups is 1. The SMILES string of the molecule is O=[N+]([O-])c1cccc2oc(NC3(CO)CCC3)nc12. The fraction of sp³-hybridized carbons (Fsp3) is 0.417. The molecule has 3 rings (SSSR count). The molecule has 0 spiro atoms. The number of nitro benzene ring substituents is 1. The van der Waals surface area contributed by atoms with Gasteiger partial charge >= 0.3 is 0 Å². The van der Waals surface area contributed by atoms with Crippen molar-refractivity contribution in [3.8, 4) is 0 Å². The van der Waals surface area contributed by atoms with Gasteiger partial charge in [0, 0.05) is 6.07 Å². The van der Waals surface area contributed by atoms with Crippen LogP contribution in [0.3, 0.4) is 0 Å². The minimum Gasteiger partial charge on any atom is -0.423 e. The van der Waals surface area contributed by atoms with Gasteiger partial charge in [0.15, 0.2) is 11.1 Å². The van der Waals surface area contributed by atoms with Crippen molar-refractivity contribution in [3.63, 3.8) is 0 Å². The zero-order chi connectivity index (χ0) is 13.5. The van der Waals surface area contributed by atoms with E-state index in [1.165, 1.54) is 6.07 Å². The van der Waals surface area contributed by atoms with E-state index in [-0.39, 0.29) is 23.8 Å². The smallest absolute Gasteiger partial charge is 0.298 e. The molecule has 1 aliphatic rings. The van der Waals surface area contributed by atoms with Crippen LogP contribution >= 0.6 is 0 Å². The Kier molecular flexibility index (Phi) is 2.63. The van der Waals surface area contributed by atoms with Gasteiger partial charge in [-0.1, -0.05) is 6.07 Å². The minimum absolute atomic E-state index is 0.00613. The molecule has 0 aliphatic heterocycles. The van der Waals surface area contributed by atoms with Gasteiger partial charge in [0.1, 0.15) is 0 Å². The van der Waals surface area contributed by atoms with Crippen LogP contribution in [0.1, 0.15) is 19.3 Å². The van der Waals surface area contributed by atoms with Crippen LogP contribution in [-0.4, -0.2) is 27.2 Å². The maximum Gasteiger partial charge on any atom is 0.298 e. The van der Waals surface area contributed by atoms with Gasteiger partial charge in [0.25, 0.3) is 11.7 Å². The summed E-state index contributed by atoms with van der Waals surface area (Å²) in [7, 11) is 0. The number of fused-ring (bicyclic) bond motifs is 1. The largest absolute Gasteiger partial charge is 0.423 e. The molecular weight excluding hydrogens is 250 g/mol. The van der Waals surface area contributed by atoms with Crippen molar-refractivity contribution in [2.45, 2.75) is 24.8 Å². The summed E-state index contributed by atoms with van der Waals surface area (Å²) in [5, 5.41) is 23.3. The number of oxazole rings is 1. The maximum absolute atomic E-state index is 10.9. The molecule has 0 unspecified atom stereocenters. The van der Waals surface area contributed by atoms with Gasteiger partial charge in [-0.05, 0) is 25.3 Å². The van der Waals surface area contributed by atoms with E-state index in [1.54, 1.807) is 12.1 Å². The van der Waals surface area contributed by atoms with Crippen LogP contribution in [0.25, 0.3) is 11.1 Å². The molecule has 1 aromatic carbocycles. The number of para-hydroxylation sites is 1. The Morgan fingerprint density at radius 3 is 2.89 bits per heavy atom. The molecule has 7 nitrogen and oxygen atoms in total. The average Bonchev–Trinajstić information content (AvgIpc) is 2.75. The Bertz CT molecular complexity index is 627. The van der Waals surface area contributed by atoms with Crippen LogP contribution in [0.4, 0.5) is 11.7 Å². The summed E-state index contributed by atoms with van der Waals surface area (Å²) in [4.78, 5) is 14.5. The van der Waals surface area contributed by atoms with E-state index in [9.17, 15) is 15.2 Å². The number of non-ortho nitro benzene ring substituents is 1. The average molecular weight is 263 g/mol. The Labute approximate surface area is 108 Å². The van der Waals surface area contributed by atoms with Crippen molar-refractivity contribution in [2.24, 2.45) is 0 Å². The molecule has 0 amide bonds. The van der Waals surface area contributed by atoms with Crippen molar-refractivity contribution in [3.05, 3.63) is 28.3 Å². The summed E-state index contributed by atoms with van der Waals surface area (Å²) >= 11 is 0. The molecule has 0 bridgehead atoms. The molecule has 1 heterocycles. The third-order valence-corrected chi connectivity index (χ3v) is 3.58. The molecule has 1 aromatic heterocycles. The number of rotatable bonds is 4. The third-order valence-electron chi connectivity index (χ3n) is 3.58. The fourth-order valence-electron chi connectivity index (χ4n) is 2.29. The normalized spacial score (nSPS) is 17.1. The van der Waals surface area contributed by atoms with Crippen molar-refractivity contribution < 1.29 is 14.4 Å². The van der Waals surface area contributed by atoms with Crippen molar-refractivity contribution >= 4 is 22.8 Å². The van der Waals surface area contributed by atoms with Crippen LogP contribution in [0.5, 0.6) is 0 Å². The monoisotopic (exact) mass is 263 g/mol. The number of nitrogens with one attached hydrogen (secondary N) is 1. The highest BCUT2D eigenvalue weighted by atomic mass is 16.6. The van der Waals surface area contributed by atoms with E-state index >= 15 is 0 Å². The zero-order valence-electron chi connectivity index (χ0n) is 10.1. The fourth-order valence-corrected chi connectivity index (χ4v) is 2.29. The van der Waals surface area contributed by atoms with Gasteiger partial charge in [-0.25, -0.2) is 0 Å². The summed E-state index contributed by atoms with van der Waals surface area (Å²) in [6, 6.07) is 4.80. The third kappa shape index (κ3) is 1.91. The van der Waals surface area contributed by atoms with E-state index in [0.717, 1.165) is 19.3 Å². The molecule has 2 N–H and O–H groups in total. The number of nitro groups is 1. The number of benzene rings is 1. The first-order chi connectivity index (χ1) is 9.13. The van der Waals surface area contributed by atoms with E-state index < -0.39 is 10.5 Å². The molecule has 0 saturated heterocycles. The Morgan fingerprint density at radius 1 is 1.53 bits per heavy atom. The molecule has 1 saturated carbocycles. The first-order valence-electron chi connectivity index (χ1n) is 6.07. The van der Waals surface area contributed by atoms with E-state index in [2.05, 4.69) is 10.3 Å². The van der Waals surface area contributed by atoms with Crippen molar-refractivity contribution in [1.29, 1.82) is 0 Å². The predicted octanol–water partition coefficient (Wildman–Crippen LogP) is 2.06. The van der Waals surface area contributed by atoms with Gasteiger partial charge < -0.3 is 14.8 Å². The lowest BCUT2D eigenvalue weighted by molar-refractivity contribution is -0.383. The second-order valence-corrected chi connectivity index (χ2v) is 4.82. The summed E-state index contributed by atoms with van der Waals surface area (Å²) in [6.45, 7) is -0.00613. The molecule has 7 heteroatoms. The number of aromatic nitrogens is 1. The van der Waals surface area contributed by atoms with Crippen LogP contribution < -0.4 is 5.32 Å². The standard InChI is InChI=1S/C12H13N3O4/c16-7-12(5-2-6-12)14-11-13-10-8(15(17)18)3-1-4-9(10)19-11/h1,3-4,16H,2,5-7H2,(H,13,14). The molecule has 1 fully saturated rings. The Balaban J connectivity index is 1.98.